The Morgan fingerprint density at radius 1 is 1.27 bits per heavy atom. The molecule has 1 amide bonds. The van der Waals surface area contributed by atoms with E-state index in [-0.39, 0.29) is 17.5 Å². The van der Waals surface area contributed by atoms with Gasteiger partial charge in [0.2, 0.25) is 0 Å². The maximum absolute atomic E-state index is 13.9. The second kappa shape index (κ2) is 5.03. The number of carbonyl (C=O) groups excluding carboxylic acids is 1. The minimum absolute atomic E-state index is 0.0763. The molecule has 1 aromatic rings. The molecule has 1 aromatic carbocycles. The van der Waals surface area contributed by atoms with Crippen LogP contribution in [0.1, 0.15) is 42.5 Å². The first-order chi connectivity index (χ1) is 10.4. The molecule has 22 heavy (non-hydrogen) atoms. The van der Waals surface area contributed by atoms with Crippen LogP contribution in [0, 0.1) is 23.6 Å². The molecule has 4 bridgehead atoms. The lowest BCUT2D eigenvalue weighted by atomic mass is 9.52. The fourth-order valence-corrected chi connectivity index (χ4v) is 5.45. The van der Waals surface area contributed by atoms with Crippen LogP contribution in [0.3, 0.4) is 0 Å². The monoisotopic (exact) mass is 367 g/mol. The van der Waals surface area contributed by atoms with Crippen LogP contribution in [0.4, 0.5) is 4.39 Å². The van der Waals surface area contributed by atoms with Crippen molar-refractivity contribution in [1.29, 1.82) is 0 Å². The highest BCUT2D eigenvalue weighted by atomic mass is 79.9. The summed E-state index contributed by atoms with van der Waals surface area (Å²) in [4.78, 5) is 12.4. The van der Waals surface area contributed by atoms with Crippen molar-refractivity contribution < 1.29 is 14.3 Å². The zero-order valence-corrected chi connectivity index (χ0v) is 13.8. The molecular formula is C17H19BrFNO2. The first-order valence-electron chi connectivity index (χ1n) is 7.92. The van der Waals surface area contributed by atoms with E-state index in [1.54, 1.807) is 6.07 Å². The summed E-state index contributed by atoms with van der Waals surface area (Å²) in [7, 11) is 0. The third-order valence-electron chi connectivity index (χ3n) is 5.71. The predicted molar refractivity (Wildman–Crippen MR) is 83.9 cm³/mol. The summed E-state index contributed by atoms with van der Waals surface area (Å²) in [6.45, 7) is 0. The topological polar surface area (TPSA) is 49.3 Å². The molecule has 2 N–H and O–H groups in total. The molecule has 2 atom stereocenters. The molecule has 0 saturated heterocycles. The number of carbonyl (C=O) groups is 1. The second-order valence-electron chi connectivity index (χ2n) is 7.32. The Balaban J connectivity index is 1.53. The number of hydrogen-bond donors (Lipinski definition) is 2. The van der Waals surface area contributed by atoms with Gasteiger partial charge in [-0.2, -0.15) is 0 Å². The highest BCUT2D eigenvalue weighted by Gasteiger charge is 2.55. The first-order valence-corrected chi connectivity index (χ1v) is 8.71. The maximum atomic E-state index is 13.9. The summed E-state index contributed by atoms with van der Waals surface area (Å²) < 4.78 is 14.6. The number of rotatable bonds is 2. The van der Waals surface area contributed by atoms with E-state index in [4.69, 9.17) is 0 Å². The van der Waals surface area contributed by atoms with Gasteiger partial charge in [-0.3, -0.25) is 4.79 Å². The molecule has 5 rings (SSSR count). The number of aliphatic hydroxyl groups is 1. The molecule has 4 aliphatic rings. The molecule has 0 heterocycles. The van der Waals surface area contributed by atoms with Crippen molar-refractivity contribution in [2.24, 2.45) is 17.8 Å². The van der Waals surface area contributed by atoms with Gasteiger partial charge in [0.15, 0.2) is 0 Å². The van der Waals surface area contributed by atoms with Crippen LogP contribution in [0.2, 0.25) is 0 Å². The van der Waals surface area contributed by atoms with E-state index in [1.165, 1.54) is 12.1 Å². The summed E-state index contributed by atoms with van der Waals surface area (Å²) in [5.41, 5.74) is -0.420. The number of hydrogen-bond acceptors (Lipinski definition) is 2. The van der Waals surface area contributed by atoms with Crippen molar-refractivity contribution in [2.45, 2.75) is 43.7 Å². The normalized spacial score (nSPS) is 39.0. The SMILES string of the molecule is O=C(NC1C2CC3CC1CC(O)(C3)C2)c1ccc(Br)cc1F. The lowest BCUT2D eigenvalue weighted by molar-refractivity contribution is -0.136. The van der Waals surface area contributed by atoms with Crippen LogP contribution in [0.5, 0.6) is 0 Å². The Morgan fingerprint density at radius 2 is 1.95 bits per heavy atom. The molecule has 0 spiro atoms. The van der Waals surface area contributed by atoms with Crippen LogP contribution in [0.25, 0.3) is 0 Å². The molecule has 118 valence electrons. The second-order valence-corrected chi connectivity index (χ2v) is 8.23. The zero-order chi connectivity index (χ0) is 15.5. The van der Waals surface area contributed by atoms with Crippen molar-refractivity contribution in [3.63, 3.8) is 0 Å². The van der Waals surface area contributed by atoms with Gasteiger partial charge >= 0.3 is 0 Å². The van der Waals surface area contributed by atoms with E-state index in [1.807, 2.05) is 0 Å². The number of nitrogens with one attached hydrogen (secondary N) is 1. The lowest BCUT2D eigenvalue weighted by Crippen LogP contribution is -2.61. The van der Waals surface area contributed by atoms with Gasteiger partial charge in [-0.15, -0.1) is 0 Å². The Bertz CT molecular complexity index is 619. The van der Waals surface area contributed by atoms with E-state index >= 15 is 0 Å². The molecule has 4 saturated carbocycles. The van der Waals surface area contributed by atoms with Crippen molar-refractivity contribution in [3.05, 3.63) is 34.1 Å². The summed E-state index contributed by atoms with van der Waals surface area (Å²) in [5.74, 6) is 0.418. The van der Waals surface area contributed by atoms with E-state index in [0.29, 0.717) is 22.2 Å². The predicted octanol–water partition coefficient (Wildman–Crippen LogP) is 3.26. The quantitative estimate of drug-likeness (QED) is 0.842. The molecular weight excluding hydrogens is 349 g/mol. The maximum Gasteiger partial charge on any atom is 0.254 e. The van der Waals surface area contributed by atoms with E-state index in [0.717, 1.165) is 32.1 Å². The minimum atomic E-state index is -0.513. The van der Waals surface area contributed by atoms with E-state index in [9.17, 15) is 14.3 Å². The van der Waals surface area contributed by atoms with Gasteiger partial charge < -0.3 is 10.4 Å². The largest absolute Gasteiger partial charge is 0.390 e. The molecule has 4 aliphatic carbocycles. The van der Waals surface area contributed by atoms with Gasteiger partial charge in [0.1, 0.15) is 5.82 Å². The Labute approximate surface area is 137 Å². The average Bonchev–Trinajstić information content (AvgIpc) is 2.40. The van der Waals surface area contributed by atoms with Crippen LogP contribution in [-0.2, 0) is 0 Å². The average molecular weight is 368 g/mol. The van der Waals surface area contributed by atoms with Gasteiger partial charge in [0.25, 0.3) is 5.91 Å². The fraction of sp³-hybridized carbons (Fsp3) is 0.588. The minimum Gasteiger partial charge on any atom is -0.390 e. The van der Waals surface area contributed by atoms with Gasteiger partial charge in [-0.1, -0.05) is 15.9 Å². The fourth-order valence-electron chi connectivity index (χ4n) is 5.12. The Hall–Kier alpha value is -0.940. The van der Waals surface area contributed by atoms with E-state index < -0.39 is 11.4 Å². The van der Waals surface area contributed by atoms with Crippen molar-refractivity contribution in [1.82, 2.24) is 5.32 Å². The van der Waals surface area contributed by atoms with Gasteiger partial charge in [-0.05, 0) is 68.1 Å². The van der Waals surface area contributed by atoms with Crippen LogP contribution >= 0.6 is 15.9 Å². The standard InChI is InChI=1S/C17H19BrFNO2/c18-12-1-2-13(14(19)5-12)16(21)20-15-10-3-9-4-11(15)8-17(22,6-9)7-10/h1-2,5,9-11,15,22H,3-4,6-8H2,(H,20,21). The Morgan fingerprint density at radius 3 is 2.55 bits per heavy atom. The third-order valence-corrected chi connectivity index (χ3v) is 6.21. The van der Waals surface area contributed by atoms with Crippen molar-refractivity contribution in [3.8, 4) is 0 Å². The third kappa shape index (κ3) is 2.38. The van der Waals surface area contributed by atoms with Gasteiger partial charge in [0.05, 0.1) is 11.2 Å². The lowest BCUT2D eigenvalue weighted by Gasteiger charge is -2.58. The van der Waals surface area contributed by atoms with Crippen LogP contribution in [-0.4, -0.2) is 22.7 Å². The molecule has 4 fully saturated rings. The van der Waals surface area contributed by atoms with Crippen LogP contribution in [0.15, 0.2) is 22.7 Å². The molecule has 0 radical (unpaired) electrons. The molecule has 3 nitrogen and oxygen atoms in total. The first kappa shape index (κ1) is 14.6. The summed E-state index contributed by atoms with van der Waals surface area (Å²) >= 11 is 3.20. The van der Waals surface area contributed by atoms with Gasteiger partial charge in [0, 0.05) is 10.5 Å². The summed E-state index contributed by atoms with van der Waals surface area (Å²) in [6.07, 6.45) is 4.61. The molecule has 0 aliphatic heterocycles. The number of amides is 1. The van der Waals surface area contributed by atoms with Gasteiger partial charge in [-0.25, -0.2) is 4.39 Å². The van der Waals surface area contributed by atoms with Crippen molar-refractivity contribution in [2.75, 3.05) is 0 Å². The summed E-state index contributed by atoms with van der Waals surface area (Å²) in [6, 6.07) is 4.58. The highest BCUT2D eigenvalue weighted by Crippen LogP contribution is 2.55. The Kier molecular flexibility index (Phi) is 3.35. The number of halogens is 2. The number of benzene rings is 1. The molecule has 0 aromatic heterocycles. The molecule has 5 heteroatoms. The van der Waals surface area contributed by atoms with Crippen molar-refractivity contribution >= 4 is 21.8 Å². The highest BCUT2D eigenvalue weighted by molar-refractivity contribution is 9.10. The summed E-state index contributed by atoms with van der Waals surface area (Å²) in [5, 5.41) is 13.6. The smallest absolute Gasteiger partial charge is 0.254 e. The van der Waals surface area contributed by atoms with Crippen LogP contribution < -0.4 is 5.32 Å². The zero-order valence-electron chi connectivity index (χ0n) is 12.2. The van der Waals surface area contributed by atoms with E-state index in [2.05, 4.69) is 21.2 Å². The molecule has 2 unspecified atom stereocenters.